The van der Waals surface area contributed by atoms with E-state index < -0.39 is 0 Å². The van der Waals surface area contributed by atoms with Gasteiger partial charge in [-0.25, -0.2) is 0 Å². The van der Waals surface area contributed by atoms with Gasteiger partial charge in [0.05, 0.1) is 11.9 Å². The highest BCUT2D eigenvalue weighted by molar-refractivity contribution is 6.00. The molecule has 3 aromatic carbocycles. The van der Waals surface area contributed by atoms with Gasteiger partial charge in [0.15, 0.2) is 0 Å². The SMILES string of the molecule is CNc1c(/C=N/O)ccc(-c2cccc(C)c2)c1-c1cccc(C)c1. The van der Waals surface area contributed by atoms with Crippen molar-refractivity contribution in [1.29, 1.82) is 0 Å². The molecule has 3 aromatic rings. The van der Waals surface area contributed by atoms with Crippen LogP contribution in [0, 0.1) is 13.8 Å². The van der Waals surface area contributed by atoms with E-state index in [2.05, 4.69) is 78.9 Å². The van der Waals surface area contributed by atoms with Gasteiger partial charge in [0.1, 0.15) is 0 Å². The van der Waals surface area contributed by atoms with Crippen molar-refractivity contribution in [3.63, 3.8) is 0 Å². The van der Waals surface area contributed by atoms with E-state index in [1.165, 1.54) is 22.9 Å². The number of anilines is 1. The average Bonchev–Trinajstić information content (AvgIpc) is 2.61. The van der Waals surface area contributed by atoms with Crippen LogP contribution in [0.15, 0.2) is 65.8 Å². The van der Waals surface area contributed by atoms with Gasteiger partial charge in [-0.2, -0.15) is 0 Å². The summed E-state index contributed by atoms with van der Waals surface area (Å²) in [5.74, 6) is 0. The van der Waals surface area contributed by atoms with E-state index in [4.69, 9.17) is 5.21 Å². The number of nitrogens with one attached hydrogen (secondary N) is 1. The molecule has 126 valence electrons. The highest BCUT2D eigenvalue weighted by atomic mass is 16.4. The van der Waals surface area contributed by atoms with E-state index in [0.29, 0.717) is 0 Å². The van der Waals surface area contributed by atoms with Crippen molar-refractivity contribution >= 4 is 11.9 Å². The van der Waals surface area contributed by atoms with Gasteiger partial charge < -0.3 is 10.5 Å². The predicted octanol–water partition coefficient (Wildman–Crippen LogP) is 5.49. The van der Waals surface area contributed by atoms with Crippen LogP contribution in [0.25, 0.3) is 22.3 Å². The quantitative estimate of drug-likeness (QED) is 0.377. The number of aryl methyl sites for hydroxylation is 2. The van der Waals surface area contributed by atoms with Crippen LogP contribution in [-0.4, -0.2) is 18.5 Å². The smallest absolute Gasteiger partial charge is 0.0754 e. The Morgan fingerprint density at radius 1 is 0.880 bits per heavy atom. The van der Waals surface area contributed by atoms with Crippen LogP contribution in [0.5, 0.6) is 0 Å². The molecule has 3 rings (SSSR count). The van der Waals surface area contributed by atoms with Gasteiger partial charge in [-0.15, -0.1) is 0 Å². The van der Waals surface area contributed by atoms with Crippen molar-refractivity contribution in [1.82, 2.24) is 0 Å². The van der Waals surface area contributed by atoms with Crippen LogP contribution in [0.2, 0.25) is 0 Å². The Morgan fingerprint density at radius 2 is 1.52 bits per heavy atom. The predicted molar refractivity (Wildman–Crippen MR) is 106 cm³/mol. The summed E-state index contributed by atoms with van der Waals surface area (Å²) in [4.78, 5) is 0. The van der Waals surface area contributed by atoms with Crippen molar-refractivity contribution < 1.29 is 5.21 Å². The zero-order valence-corrected chi connectivity index (χ0v) is 14.7. The molecule has 0 heterocycles. The minimum absolute atomic E-state index is 0.845. The summed E-state index contributed by atoms with van der Waals surface area (Å²) >= 11 is 0. The van der Waals surface area contributed by atoms with Gasteiger partial charge in [0.25, 0.3) is 0 Å². The minimum Gasteiger partial charge on any atom is -0.411 e. The van der Waals surface area contributed by atoms with E-state index in [1.807, 2.05) is 13.1 Å². The molecular weight excluding hydrogens is 308 g/mol. The molecule has 0 radical (unpaired) electrons. The summed E-state index contributed by atoms with van der Waals surface area (Å²) in [6, 6.07) is 21.0. The Bertz CT molecular complexity index is 929. The van der Waals surface area contributed by atoms with E-state index in [1.54, 1.807) is 0 Å². The van der Waals surface area contributed by atoms with E-state index in [-0.39, 0.29) is 0 Å². The van der Waals surface area contributed by atoms with Crippen molar-refractivity contribution in [2.24, 2.45) is 5.16 Å². The molecule has 25 heavy (non-hydrogen) atoms. The normalized spacial score (nSPS) is 11.0. The van der Waals surface area contributed by atoms with Crippen LogP contribution >= 0.6 is 0 Å². The maximum Gasteiger partial charge on any atom is 0.0754 e. The van der Waals surface area contributed by atoms with Crippen molar-refractivity contribution in [3.8, 4) is 22.3 Å². The third-order valence-corrected chi connectivity index (χ3v) is 4.32. The van der Waals surface area contributed by atoms with Gasteiger partial charge in [-0.05, 0) is 30.5 Å². The number of rotatable bonds is 4. The van der Waals surface area contributed by atoms with Gasteiger partial charge in [-0.3, -0.25) is 0 Å². The van der Waals surface area contributed by atoms with Crippen LogP contribution in [0.4, 0.5) is 5.69 Å². The number of hydrogen-bond donors (Lipinski definition) is 2. The van der Waals surface area contributed by atoms with Gasteiger partial charge in [0, 0.05) is 18.2 Å². The van der Waals surface area contributed by atoms with Gasteiger partial charge in [-0.1, -0.05) is 76.9 Å². The molecule has 0 amide bonds. The molecule has 3 nitrogen and oxygen atoms in total. The third-order valence-electron chi connectivity index (χ3n) is 4.32. The molecule has 0 aliphatic carbocycles. The second-order valence-electron chi connectivity index (χ2n) is 6.19. The van der Waals surface area contributed by atoms with E-state index in [0.717, 1.165) is 27.9 Å². The third kappa shape index (κ3) is 3.41. The molecule has 0 aliphatic heterocycles. The lowest BCUT2D eigenvalue weighted by Gasteiger charge is -2.18. The fraction of sp³-hybridized carbons (Fsp3) is 0.136. The van der Waals surface area contributed by atoms with Crippen LogP contribution in [0.3, 0.4) is 0 Å². The Labute approximate surface area is 148 Å². The lowest BCUT2D eigenvalue weighted by molar-refractivity contribution is 0.322. The summed E-state index contributed by atoms with van der Waals surface area (Å²) < 4.78 is 0. The van der Waals surface area contributed by atoms with Crippen molar-refractivity contribution in [2.75, 3.05) is 12.4 Å². The minimum atomic E-state index is 0.845. The summed E-state index contributed by atoms with van der Waals surface area (Å²) in [5, 5.41) is 15.5. The Hall–Kier alpha value is -3.07. The zero-order chi connectivity index (χ0) is 17.8. The fourth-order valence-corrected chi connectivity index (χ4v) is 3.21. The monoisotopic (exact) mass is 330 g/mol. The van der Waals surface area contributed by atoms with Crippen molar-refractivity contribution in [3.05, 3.63) is 77.4 Å². The topological polar surface area (TPSA) is 44.6 Å². The van der Waals surface area contributed by atoms with E-state index >= 15 is 0 Å². The van der Waals surface area contributed by atoms with Crippen LogP contribution in [-0.2, 0) is 0 Å². The molecule has 0 saturated heterocycles. The van der Waals surface area contributed by atoms with Crippen molar-refractivity contribution in [2.45, 2.75) is 13.8 Å². The maximum atomic E-state index is 9.01. The molecule has 0 bridgehead atoms. The average molecular weight is 330 g/mol. The summed E-state index contributed by atoms with van der Waals surface area (Å²) in [7, 11) is 1.89. The molecule has 3 heteroatoms. The highest BCUT2D eigenvalue weighted by Gasteiger charge is 2.15. The molecule has 0 fully saturated rings. The number of hydrogen-bond acceptors (Lipinski definition) is 3. The highest BCUT2D eigenvalue weighted by Crippen LogP contribution is 2.40. The molecule has 0 atom stereocenters. The first kappa shape index (κ1) is 16.8. The van der Waals surface area contributed by atoms with E-state index in [9.17, 15) is 0 Å². The summed E-state index contributed by atoms with van der Waals surface area (Å²) in [6.45, 7) is 4.19. The first-order chi connectivity index (χ1) is 12.1. The lowest BCUT2D eigenvalue weighted by atomic mass is 9.90. The number of nitrogens with zero attached hydrogens (tertiary/aromatic N) is 1. The standard InChI is InChI=1S/C22H22N2O/c1-15-6-4-8-17(12-15)20-11-10-19(14-24-25)22(23-3)21(20)18-9-5-7-16(2)13-18/h4-14,23,25H,1-3H3/b24-14+. The molecule has 0 saturated carbocycles. The zero-order valence-electron chi connectivity index (χ0n) is 14.7. The maximum absolute atomic E-state index is 9.01. The van der Waals surface area contributed by atoms with Crippen LogP contribution < -0.4 is 5.32 Å². The fourth-order valence-electron chi connectivity index (χ4n) is 3.21. The molecule has 2 N–H and O–H groups in total. The lowest BCUT2D eigenvalue weighted by Crippen LogP contribution is -2.00. The van der Waals surface area contributed by atoms with Gasteiger partial charge in [0.2, 0.25) is 0 Å². The largest absolute Gasteiger partial charge is 0.411 e. The first-order valence-electron chi connectivity index (χ1n) is 8.30. The molecule has 0 unspecified atom stereocenters. The second-order valence-corrected chi connectivity index (χ2v) is 6.19. The summed E-state index contributed by atoms with van der Waals surface area (Å²) in [6.07, 6.45) is 1.46. The second kappa shape index (κ2) is 7.22. The molecular formula is C22H22N2O. The number of benzene rings is 3. The van der Waals surface area contributed by atoms with Crippen LogP contribution in [0.1, 0.15) is 16.7 Å². The molecule has 0 aliphatic rings. The number of oxime groups is 1. The Morgan fingerprint density at radius 3 is 2.12 bits per heavy atom. The summed E-state index contributed by atoms with van der Waals surface area (Å²) in [5.41, 5.74) is 8.77. The molecule has 0 spiro atoms. The Kier molecular flexibility index (Phi) is 4.85. The molecule has 0 aromatic heterocycles. The Balaban J connectivity index is 2.35. The van der Waals surface area contributed by atoms with Gasteiger partial charge >= 0.3 is 0 Å². The first-order valence-corrected chi connectivity index (χ1v) is 8.30.